The largest absolute Gasteiger partial charge is 0.392 e. The average molecular weight is 280 g/mol. The molecule has 0 radical (unpaired) electrons. The first-order valence-corrected chi connectivity index (χ1v) is 8.50. The van der Waals surface area contributed by atoms with Crippen molar-refractivity contribution in [2.45, 2.75) is 63.1 Å². The standard InChI is InChI=1S/C16H24O2S/c17-15(11-14-5-4-10-19-14)13-6-9-18-16(12-13)7-2-1-3-8-16/h4-5,10,13,15,17H,1-3,6-9,11-12H2. The molecule has 1 aromatic heterocycles. The molecule has 1 spiro atoms. The molecule has 2 unspecified atom stereocenters. The molecule has 2 nitrogen and oxygen atoms in total. The Kier molecular flexibility index (Phi) is 4.25. The fraction of sp³-hybridized carbons (Fsp3) is 0.750. The van der Waals surface area contributed by atoms with E-state index in [0.717, 1.165) is 25.9 Å². The highest BCUT2D eigenvalue weighted by Gasteiger charge is 2.40. The summed E-state index contributed by atoms with van der Waals surface area (Å²) < 4.78 is 6.11. The summed E-state index contributed by atoms with van der Waals surface area (Å²) in [5.41, 5.74) is 0.109. The Balaban J connectivity index is 1.61. The molecule has 1 aromatic rings. The molecule has 0 bridgehead atoms. The maximum absolute atomic E-state index is 10.5. The van der Waals surface area contributed by atoms with Crippen molar-refractivity contribution in [3.63, 3.8) is 0 Å². The van der Waals surface area contributed by atoms with Crippen molar-refractivity contribution in [3.8, 4) is 0 Å². The minimum atomic E-state index is -0.193. The van der Waals surface area contributed by atoms with Crippen LogP contribution in [0, 0.1) is 5.92 Å². The maximum Gasteiger partial charge on any atom is 0.0686 e. The van der Waals surface area contributed by atoms with Crippen molar-refractivity contribution in [1.82, 2.24) is 0 Å². The van der Waals surface area contributed by atoms with Gasteiger partial charge in [0, 0.05) is 17.9 Å². The Labute approximate surface area is 119 Å². The highest BCUT2D eigenvalue weighted by atomic mass is 32.1. The smallest absolute Gasteiger partial charge is 0.0686 e. The third-order valence-electron chi connectivity index (χ3n) is 4.83. The average Bonchev–Trinajstić information content (AvgIpc) is 2.92. The molecular formula is C16H24O2S. The van der Waals surface area contributed by atoms with Gasteiger partial charge in [0.05, 0.1) is 11.7 Å². The molecule has 1 N–H and O–H groups in total. The second kappa shape index (κ2) is 5.94. The second-order valence-corrected chi connectivity index (χ2v) is 7.23. The van der Waals surface area contributed by atoms with Crippen LogP contribution in [0.25, 0.3) is 0 Å². The van der Waals surface area contributed by atoms with Crippen LogP contribution in [0.3, 0.4) is 0 Å². The molecular weight excluding hydrogens is 256 g/mol. The number of ether oxygens (including phenoxy) is 1. The molecule has 2 fully saturated rings. The van der Waals surface area contributed by atoms with Crippen LogP contribution >= 0.6 is 11.3 Å². The normalized spacial score (nSPS) is 28.4. The summed E-state index contributed by atoms with van der Waals surface area (Å²) in [6, 6.07) is 4.20. The highest BCUT2D eigenvalue weighted by molar-refractivity contribution is 7.09. The Morgan fingerprint density at radius 3 is 2.95 bits per heavy atom. The lowest BCUT2D eigenvalue weighted by Gasteiger charge is -2.44. The van der Waals surface area contributed by atoms with Gasteiger partial charge in [-0.15, -0.1) is 11.3 Å². The van der Waals surface area contributed by atoms with Crippen molar-refractivity contribution in [1.29, 1.82) is 0 Å². The fourth-order valence-electron chi connectivity index (χ4n) is 3.74. The van der Waals surface area contributed by atoms with Gasteiger partial charge in [-0.3, -0.25) is 0 Å². The van der Waals surface area contributed by atoms with E-state index in [1.54, 1.807) is 11.3 Å². The third-order valence-corrected chi connectivity index (χ3v) is 5.73. The van der Waals surface area contributed by atoms with E-state index >= 15 is 0 Å². The lowest BCUT2D eigenvalue weighted by atomic mass is 9.74. The van der Waals surface area contributed by atoms with Gasteiger partial charge in [0.25, 0.3) is 0 Å². The van der Waals surface area contributed by atoms with Gasteiger partial charge in [-0.25, -0.2) is 0 Å². The highest BCUT2D eigenvalue weighted by Crippen LogP contribution is 2.41. The van der Waals surface area contributed by atoms with Crippen LogP contribution in [-0.2, 0) is 11.2 Å². The predicted octanol–water partition coefficient (Wildman–Crippen LogP) is 3.78. The summed E-state index contributed by atoms with van der Waals surface area (Å²) >= 11 is 1.75. The quantitative estimate of drug-likeness (QED) is 0.913. The number of hydrogen-bond donors (Lipinski definition) is 1. The first kappa shape index (κ1) is 13.6. The molecule has 3 rings (SSSR count). The van der Waals surface area contributed by atoms with Gasteiger partial charge in [-0.1, -0.05) is 25.3 Å². The zero-order valence-electron chi connectivity index (χ0n) is 11.5. The van der Waals surface area contributed by atoms with E-state index in [1.807, 2.05) is 0 Å². The molecule has 0 amide bonds. The molecule has 1 aliphatic heterocycles. The van der Waals surface area contributed by atoms with Crippen LogP contribution in [0.5, 0.6) is 0 Å². The van der Waals surface area contributed by atoms with Gasteiger partial charge in [0.2, 0.25) is 0 Å². The van der Waals surface area contributed by atoms with Gasteiger partial charge < -0.3 is 9.84 Å². The molecule has 106 valence electrons. The van der Waals surface area contributed by atoms with Crippen molar-refractivity contribution in [3.05, 3.63) is 22.4 Å². The van der Waals surface area contributed by atoms with Gasteiger partial charge in [0.15, 0.2) is 0 Å². The lowest BCUT2D eigenvalue weighted by Crippen LogP contribution is -2.44. The van der Waals surface area contributed by atoms with Crippen LogP contribution in [0.2, 0.25) is 0 Å². The molecule has 3 heteroatoms. The van der Waals surface area contributed by atoms with Gasteiger partial charge in [-0.2, -0.15) is 0 Å². The van der Waals surface area contributed by atoms with E-state index in [0.29, 0.717) is 5.92 Å². The number of rotatable bonds is 3. The van der Waals surface area contributed by atoms with Gasteiger partial charge in [0.1, 0.15) is 0 Å². The number of aliphatic hydroxyl groups excluding tert-OH is 1. The summed E-state index contributed by atoms with van der Waals surface area (Å²) in [7, 11) is 0. The molecule has 1 saturated heterocycles. The van der Waals surface area contributed by atoms with Crippen LogP contribution in [0.4, 0.5) is 0 Å². The van der Waals surface area contributed by atoms with Crippen molar-refractivity contribution in [2.24, 2.45) is 5.92 Å². The first-order valence-electron chi connectivity index (χ1n) is 7.62. The summed E-state index contributed by atoms with van der Waals surface area (Å²) in [4.78, 5) is 1.30. The third kappa shape index (κ3) is 3.21. The number of hydrogen-bond acceptors (Lipinski definition) is 3. The van der Waals surface area contributed by atoms with E-state index in [9.17, 15) is 5.11 Å². The minimum Gasteiger partial charge on any atom is -0.392 e. The topological polar surface area (TPSA) is 29.5 Å². The zero-order chi connectivity index (χ0) is 13.1. The van der Waals surface area contributed by atoms with E-state index in [1.165, 1.54) is 37.0 Å². The van der Waals surface area contributed by atoms with Crippen LogP contribution in [-0.4, -0.2) is 23.4 Å². The van der Waals surface area contributed by atoms with Crippen molar-refractivity contribution in [2.75, 3.05) is 6.61 Å². The molecule has 2 heterocycles. The lowest BCUT2D eigenvalue weighted by molar-refractivity contribution is -0.133. The van der Waals surface area contributed by atoms with Gasteiger partial charge >= 0.3 is 0 Å². The van der Waals surface area contributed by atoms with E-state index in [2.05, 4.69) is 17.5 Å². The second-order valence-electron chi connectivity index (χ2n) is 6.20. The summed E-state index contributed by atoms with van der Waals surface area (Å²) in [5, 5.41) is 12.6. The Morgan fingerprint density at radius 2 is 2.21 bits per heavy atom. The van der Waals surface area contributed by atoms with Crippen molar-refractivity contribution < 1.29 is 9.84 Å². The first-order chi connectivity index (χ1) is 9.27. The Bertz CT molecular complexity index is 376. The predicted molar refractivity (Wildman–Crippen MR) is 78.5 cm³/mol. The van der Waals surface area contributed by atoms with E-state index in [-0.39, 0.29) is 11.7 Å². The zero-order valence-corrected chi connectivity index (χ0v) is 12.3. The summed E-state index contributed by atoms with van der Waals surface area (Å²) in [6.45, 7) is 0.839. The summed E-state index contributed by atoms with van der Waals surface area (Å²) in [5.74, 6) is 0.425. The number of aliphatic hydroxyl groups is 1. The maximum atomic E-state index is 10.5. The van der Waals surface area contributed by atoms with Gasteiger partial charge in [-0.05, 0) is 43.0 Å². The minimum absolute atomic E-state index is 0.109. The Hall–Kier alpha value is -0.380. The number of thiophene rings is 1. The fourth-order valence-corrected chi connectivity index (χ4v) is 4.50. The molecule has 19 heavy (non-hydrogen) atoms. The molecule has 2 atom stereocenters. The monoisotopic (exact) mass is 280 g/mol. The molecule has 1 saturated carbocycles. The molecule has 0 aromatic carbocycles. The van der Waals surface area contributed by atoms with Crippen LogP contribution in [0.1, 0.15) is 49.8 Å². The summed E-state index contributed by atoms with van der Waals surface area (Å²) in [6.07, 6.45) is 9.08. The Morgan fingerprint density at radius 1 is 1.37 bits per heavy atom. The van der Waals surface area contributed by atoms with Crippen LogP contribution < -0.4 is 0 Å². The van der Waals surface area contributed by atoms with E-state index < -0.39 is 0 Å². The van der Waals surface area contributed by atoms with Crippen LogP contribution in [0.15, 0.2) is 17.5 Å². The molecule has 1 aliphatic carbocycles. The van der Waals surface area contributed by atoms with E-state index in [4.69, 9.17) is 4.74 Å². The SMILES string of the molecule is OC(Cc1cccs1)C1CCOC2(CCCCC2)C1. The van der Waals surface area contributed by atoms with Crippen molar-refractivity contribution >= 4 is 11.3 Å². The molecule has 2 aliphatic rings.